The van der Waals surface area contributed by atoms with E-state index in [0.29, 0.717) is 0 Å². The van der Waals surface area contributed by atoms with E-state index in [-0.39, 0.29) is 24.0 Å². The Morgan fingerprint density at radius 2 is 2.06 bits per heavy atom. The van der Waals surface area contributed by atoms with Crippen molar-refractivity contribution in [3.63, 3.8) is 0 Å². The minimum absolute atomic E-state index is 0. The van der Waals surface area contributed by atoms with Gasteiger partial charge in [0, 0.05) is 30.4 Å². The molecule has 0 aromatic carbocycles. The third-order valence-electron chi connectivity index (χ3n) is 2.74. The highest BCUT2D eigenvalue weighted by atomic mass is 127. The van der Waals surface area contributed by atoms with E-state index in [1.807, 2.05) is 19.4 Å². The summed E-state index contributed by atoms with van der Waals surface area (Å²) in [6.07, 6.45) is 7.98. The van der Waals surface area contributed by atoms with Crippen LogP contribution in [0.3, 0.4) is 0 Å². The summed E-state index contributed by atoms with van der Waals surface area (Å²) < 4.78 is 2.07. The minimum atomic E-state index is 0. The van der Waals surface area contributed by atoms with Gasteiger partial charge in [-0.2, -0.15) is 0 Å². The van der Waals surface area contributed by atoms with Crippen LogP contribution in [0.2, 0.25) is 0 Å². The molecule has 5 heteroatoms. The number of pyridine rings is 2. The van der Waals surface area contributed by atoms with Crippen molar-refractivity contribution in [3.05, 3.63) is 36.9 Å². The summed E-state index contributed by atoms with van der Waals surface area (Å²) in [5, 5.41) is 0. The maximum Gasteiger partial charge on any atom is 0.193 e. The number of halogens is 1. The molecular formula is C12H12IN3S. The summed E-state index contributed by atoms with van der Waals surface area (Å²) in [6.45, 7) is 0. The number of rotatable bonds is 0. The van der Waals surface area contributed by atoms with E-state index in [2.05, 4.69) is 46.0 Å². The van der Waals surface area contributed by atoms with E-state index in [0.717, 1.165) is 0 Å². The molecule has 1 aliphatic heterocycles. The summed E-state index contributed by atoms with van der Waals surface area (Å²) in [5.74, 6) is 0. The van der Waals surface area contributed by atoms with Gasteiger partial charge in [-0.3, -0.25) is 4.98 Å². The van der Waals surface area contributed by atoms with Gasteiger partial charge in [0.2, 0.25) is 0 Å². The smallest absolute Gasteiger partial charge is 0.193 e. The van der Waals surface area contributed by atoms with E-state index in [9.17, 15) is 0 Å². The molecule has 3 nitrogen and oxygen atoms in total. The molecule has 0 amide bonds. The van der Waals surface area contributed by atoms with Crippen LogP contribution < -0.4 is 33.4 Å². The maximum atomic E-state index is 4.17. The number of anilines is 2. The van der Waals surface area contributed by atoms with Crippen molar-refractivity contribution >= 4 is 23.1 Å². The van der Waals surface area contributed by atoms with E-state index in [1.165, 1.54) is 21.2 Å². The zero-order valence-electron chi connectivity index (χ0n) is 9.59. The van der Waals surface area contributed by atoms with Gasteiger partial charge in [-0.15, -0.1) is 0 Å². The average molecular weight is 357 g/mol. The van der Waals surface area contributed by atoms with Crippen LogP contribution in [0.5, 0.6) is 0 Å². The van der Waals surface area contributed by atoms with Gasteiger partial charge < -0.3 is 28.9 Å². The molecule has 0 bridgehead atoms. The monoisotopic (exact) mass is 357 g/mol. The lowest BCUT2D eigenvalue weighted by Crippen LogP contribution is -3.00. The Balaban J connectivity index is 0.00000108. The van der Waals surface area contributed by atoms with Gasteiger partial charge in [-0.1, -0.05) is 11.8 Å². The van der Waals surface area contributed by atoms with Crippen LogP contribution >= 0.6 is 11.8 Å². The van der Waals surface area contributed by atoms with Crippen molar-refractivity contribution in [2.24, 2.45) is 7.05 Å². The maximum absolute atomic E-state index is 4.17. The van der Waals surface area contributed by atoms with Crippen LogP contribution in [0, 0.1) is 0 Å². The number of hydrogen-bond donors (Lipinski definition) is 0. The van der Waals surface area contributed by atoms with Crippen LogP contribution in [-0.2, 0) is 7.05 Å². The fraction of sp³-hybridized carbons (Fsp3) is 0.167. The molecule has 17 heavy (non-hydrogen) atoms. The molecule has 0 radical (unpaired) electrons. The molecule has 0 fully saturated rings. The average Bonchev–Trinajstić information content (AvgIpc) is 2.31. The molecule has 1 aliphatic rings. The highest BCUT2D eigenvalue weighted by Crippen LogP contribution is 2.45. The van der Waals surface area contributed by atoms with Gasteiger partial charge in [0.15, 0.2) is 12.4 Å². The fourth-order valence-electron chi connectivity index (χ4n) is 1.88. The summed E-state index contributed by atoms with van der Waals surface area (Å²) in [5.41, 5.74) is 2.47. The minimum Gasteiger partial charge on any atom is -1.00 e. The van der Waals surface area contributed by atoms with Gasteiger partial charge in [-0.25, -0.2) is 4.57 Å². The molecule has 0 aliphatic carbocycles. The van der Waals surface area contributed by atoms with Gasteiger partial charge in [-0.05, 0) is 6.07 Å². The zero-order chi connectivity index (χ0) is 11.1. The topological polar surface area (TPSA) is 20.0 Å². The Bertz CT molecular complexity index is 559. The zero-order valence-corrected chi connectivity index (χ0v) is 12.6. The molecule has 0 saturated carbocycles. The Labute approximate surface area is 122 Å². The molecule has 3 rings (SSSR count). The van der Waals surface area contributed by atoms with Crippen LogP contribution in [0.1, 0.15) is 0 Å². The predicted molar refractivity (Wildman–Crippen MR) is 64.0 cm³/mol. The second kappa shape index (κ2) is 4.81. The predicted octanol–water partition coefficient (Wildman–Crippen LogP) is -0.857. The third-order valence-corrected chi connectivity index (χ3v) is 3.84. The Morgan fingerprint density at radius 1 is 1.24 bits per heavy atom. The van der Waals surface area contributed by atoms with Crippen molar-refractivity contribution in [3.8, 4) is 0 Å². The summed E-state index contributed by atoms with van der Waals surface area (Å²) in [6, 6.07) is 4.20. The summed E-state index contributed by atoms with van der Waals surface area (Å²) >= 11 is 1.78. The molecule has 0 saturated heterocycles. The molecular weight excluding hydrogens is 345 g/mol. The second-order valence-electron chi connectivity index (χ2n) is 3.86. The normalized spacial score (nSPS) is 12.5. The molecule has 0 unspecified atom stereocenters. The quantitative estimate of drug-likeness (QED) is 0.452. The van der Waals surface area contributed by atoms with E-state index < -0.39 is 0 Å². The first kappa shape index (κ1) is 12.6. The highest BCUT2D eigenvalue weighted by Gasteiger charge is 2.22. The SMILES string of the molecule is CN1c2ccncc2Sc2cc[n+](C)cc21.[I-]. The third kappa shape index (κ3) is 2.13. The van der Waals surface area contributed by atoms with Crippen LogP contribution in [-0.4, -0.2) is 12.0 Å². The van der Waals surface area contributed by atoms with Crippen molar-refractivity contribution in [2.75, 3.05) is 11.9 Å². The lowest BCUT2D eigenvalue weighted by molar-refractivity contribution is -0.671. The molecule has 0 N–H and O–H groups in total. The number of fused-ring (bicyclic) bond motifs is 2. The highest BCUT2D eigenvalue weighted by molar-refractivity contribution is 7.99. The molecule has 0 atom stereocenters. The van der Waals surface area contributed by atoms with Crippen LogP contribution in [0.15, 0.2) is 46.7 Å². The molecule has 2 aromatic rings. The van der Waals surface area contributed by atoms with Gasteiger partial charge in [0.25, 0.3) is 0 Å². The first-order valence-electron chi connectivity index (χ1n) is 5.10. The van der Waals surface area contributed by atoms with E-state index in [4.69, 9.17) is 0 Å². The molecule has 0 spiro atoms. The summed E-state index contributed by atoms with van der Waals surface area (Å²) in [4.78, 5) is 8.87. The van der Waals surface area contributed by atoms with Gasteiger partial charge >= 0.3 is 0 Å². The fourth-order valence-corrected chi connectivity index (χ4v) is 2.97. The van der Waals surface area contributed by atoms with Crippen molar-refractivity contribution < 1.29 is 28.5 Å². The second-order valence-corrected chi connectivity index (χ2v) is 4.95. The van der Waals surface area contributed by atoms with Crippen LogP contribution in [0.4, 0.5) is 11.4 Å². The number of aryl methyl sites for hydroxylation is 1. The summed E-state index contributed by atoms with van der Waals surface area (Å²) in [7, 11) is 4.14. The van der Waals surface area contributed by atoms with Crippen molar-refractivity contribution in [1.82, 2.24) is 4.98 Å². The number of aromatic nitrogens is 2. The number of hydrogen-bond acceptors (Lipinski definition) is 3. The Kier molecular flexibility index (Phi) is 3.58. The van der Waals surface area contributed by atoms with Gasteiger partial charge in [0.1, 0.15) is 12.7 Å². The lowest BCUT2D eigenvalue weighted by Gasteiger charge is -2.27. The lowest BCUT2D eigenvalue weighted by atomic mass is 10.3. The largest absolute Gasteiger partial charge is 1.00 e. The Hall–Kier alpha value is -0.820. The number of nitrogens with zero attached hydrogens (tertiary/aromatic N) is 3. The van der Waals surface area contributed by atoms with E-state index >= 15 is 0 Å². The Morgan fingerprint density at radius 3 is 2.88 bits per heavy atom. The molecule has 3 heterocycles. The standard InChI is InChI=1S/C12H12N3S.HI/c1-14-6-4-11-10(8-14)15(2)9-3-5-13-7-12(9)16-11;/h3-8H,1-2H3;1H/q+1;/p-1. The first-order chi connectivity index (χ1) is 7.75. The van der Waals surface area contributed by atoms with Crippen molar-refractivity contribution in [1.29, 1.82) is 0 Å². The van der Waals surface area contributed by atoms with Crippen molar-refractivity contribution in [2.45, 2.75) is 9.79 Å². The molecule has 2 aromatic heterocycles. The molecule has 88 valence electrons. The van der Waals surface area contributed by atoms with E-state index in [1.54, 1.807) is 11.8 Å². The first-order valence-corrected chi connectivity index (χ1v) is 5.92. The van der Waals surface area contributed by atoms with Crippen LogP contribution in [0.25, 0.3) is 0 Å². The van der Waals surface area contributed by atoms with Gasteiger partial charge in [0.05, 0.1) is 10.6 Å².